The van der Waals surface area contributed by atoms with E-state index in [1.807, 2.05) is 0 Å². The van der Waals surface area contributed by atoms with Crippen LogP contribution in [0.25, 0.3) is 0 Å². The molecule has 0 spiro atoms. The first-order valence-corrected chi connectivity index (χ1v) is 7.83. The van der Waals surface area contributed by atoms with Crippen LogP contribution in [-0.2, 0) is 9.84 Å². The maximum atomic E-state index is 12.1. The van der Waals surface area contributed by atoms with Crippen LogP contribution in [0.1, 0.15) is 23.8 Å². The first-order chi connectivity index (χ1) is 8.84. The van der Waals surface area contributed by atoms with Gasteiger partial charge in [-0.2, -0.15) is 0 Å². The Morgan fingerprint density at radius 3 is 2.74 bits per heavy atom. The molecule has 1 fully saturated rings. The number of rotatable bonds is 3. The van der Waals surface area contributed by atoms with Crippen molar-refractivity contribution in [1.29, 1.82) is 0 Å². The Morgan fingerprint density at radius 1 is 1.42 bits per heavy atom. The van der Waals surface area contributed by atoms with Gasteiger partial charge in [-0.05, 0) is 25.5 Å². The molecule has 0 saturated carbocycles. The number of sulfone groups is 1. The van der Waals surface area contributed by atoms with Crippen molar-refractivity contribution in [2.75, 3.05) is 23.9 Å². The quantitative estimate of drug-likeness (QED) is 0.840. The summed E-state index contributed by atoms with van der Waals surface area (Å²) >= 11 is 0. The van der Waals surface area contributed by atoms with E-state index in [4.69, 9.17) is 0 Å². The van der Waals surface area contributed by atoms with Crippen LogP contribution in [0, 0.1) is 0 Å². The van der Waals surface area contributed by atoms with Gasteiger partial charge in [0.25, 0.3) is 5.91 Å². The fourth-order valence-electron chi connectivity index (χ4n) is 2.15. The van der Waals surface area contributed by atoms with Gasteiger partial charge in [-0.1, -0.05) is 6.07 Å². The maximum Gasteiger partial charge on any atom is 0.270 e. The van der Waals surface area contributed by atoms with E-state index in [9.17, 15) is 13.2 Å². The lowest BCUT2D eigenvalue weighted by Gasteiger charge is -2.23. The number of anilines is 1. The van der Waals surface area contributed by atoms with Crippen molar-refractivity contribution in [2.24, 2.45) is 0 Å². The van der Waals surface area contributed by atoms with Crippen LogP contribution in [-0.4, -0.2) is 43.4 Å². The van der Waals surface area contributed by atoms with Gasteiger partial charge in [0.05, 0.1) is 17.0 Å². The van der Waals surface area contributed by atoms with Crippen molar-refractivity contribution in [2.45, 2.75) is 18.9 Å². The second-order valence-corrected chi connectivity index (χ2v) is 7.20. The molecule has 104 valence electrons. The normalized spacial score (nSPS) is 24.9. The van der Waals surface area contributed by atoms with Crippen molar-refractivity contribution >= 4 is 21.6 Å². The van der Waals surface area contributed by atoms with Crippen LogP contribution in [0.5, 0.6) is 0 Å². The number of amides is 1. The number of aromatic nitrogens is 1. The Morgan fingerprint density at radius 2 is 2.16 bits per heavy atom. The molecule has 0 aromatic carbocycles. The van der Waals surface area contributed by atoms with E-state index in [1.54, 1.807) is 32.2 Å². The first-order valence-electron chi connectivity index (χ1n) is 6.01. The summed E-state index contributed by atoms with van der Waals surface area (Å²) in [5.74, 6) is 0.346. The highest BCUT2D eigenvalue weighted by atomic mass is 32.2. The van der Waals surface area contributed by atoms with Gasteiger partial charge in [-0.3, -0.25) is 4.79 Å². The van der Waals surface area contributed by atoms with Crippen LogP contribution in [0.3, 0.4) is 0 Å². The summed E-state index contributed by atoms with van der Waals surface area (Å²) in [6.45, 7) is 1.75. The zero-order valence-electron chi connectivity index (χ0n) is 10.9. The van der Waals surface area contributed by atoms with Crippen LogP contribution in [0.4, 0.5) is 5.82 Å². The molecule has 1 aromatic heterocycles. The third-order valence-corrected chi connectivity index (χ3v) is 5.06. The summed E-state index contributed by atoms with van der Waals surface area (Å²) in [5, 5.41) is 5.62. The Balaban J connectivity index is 2.13. The van der Waals surface area contributed by atoms with Gasteiger partial charge in [0.1, 0.15) is 11.5 Å². The lowest BCUT2D eigenvalue weighted by Crippen LogP contribution is -2.47. The summed E-state index contributed by atoms with van der Waals surface area (Å²) in [6, 6.07) is 5.07. The lowest BCUT2D eigenvalue weighted by atomic mass is 10.0. The highest BCUT2D eigenvalue weighted by Gasteiger charge is 2.39. The summed E-state index contributed by atoms with van der Waals surface area (Å²) in [5.41, 5.74) is -0.426. The van der Waals surface area contributed by atoms with Gasteiger partial charge in [0.2, 0.25) is 0 Å². The fourth-order valence-corrected chi connectivity index (χ4v) is 4.24. The number of pyridine rings is 1. The standard InChI is InChI=1S/C12H17N3O3S/c1-12(6-7-19(17,18)8-12)15-11(16)9-4-3-5-10(13-2)14-9/h3-5H,6-8H2,1-2H3,(H,13,14)(H,15,16). The molecule has 1 aliphatic rings. The minimum absolute atomic E-state index is 0.0164. The van der Waals surface area contributed by atoms with Crippen LogP contribution in [0.15, 0.2) is 18.2 Å². The van der Waals surface area contributed by atoms with E-state index >= 15 is 0 Å². The van der Waals surface area contributed by atoms with E-state index in [1.165, 1.54) is 0 Å². The Labute approximate surface area is 112 Å². The number of nitrogens with zero attached hydrogens (tertiary/aromatic N) is 1. The summed E-state index contributed by atoms with van der Waals surface area (Å²) < 4.78 is 23.0. The van der Waals surface area contributed by atoms with Gasteiger partial charge >= 0.3 is 0 Å². The molecule has 1 atom stereocenters. The summed E-state index contributed by atoms with van der Waals surface area (Å²) in [7, 11) is -1.32. The van der Waals surface area contributed by atoms with E-state index in [2.05, 4.69) is 15.6 Å². The number of carbonyl (C=O) groups excluding carboxylic acids is 1. The predicted molar refractivity (Wildman–Crippen MR) is 72.9 cm³/mol. The Bertz CT molecular complexity index is 600. The van der Waals surface area contributed by atoms with Crippen molar-refractivity contribution in [3.8, 4) is 0 Å². The zero-order chi connectivity index (χ0) is 14.1. The minimum atomic E-state index is -3.04. The molecule has 1 amide bonds. The van der Waals surface area contributed by atoms with Gasteiger partial charge in [0.15, 0.2) is 9.84 Å². The number of carbonyl (C=O) groups is 1. The second-order valence-electron chi connectivity index (χ2n) is 5.01. The van der Waals surface area contributed by atoms with E-state index in [0.29, 0.717) is 12.2 Å². The number of hydrogen-bond acceptors (Lipinski definition) is 5. The van der Waals surface area contributed by atoms with Crippen LogP contribution < -0.4 is 10.6 Å². The molecule has 2 N–H and O–H groups in total. The van der Waals surface area contributed by atoms with Gasteiger partial charge in [0, 0.05) is 7.05 Å². The average molecular weight is 283 g/mol. The molecule has 1 unspecified atom stereocenters. The van der Waals surface area contributed by atoms with Gasteiger partial charge < -0.3 is 10.6 Å². The molecular formula is C12H17N3O3S. The highest BCUT2D eigenvalue weighted by molar-refractivity contribution is 7.91. The van der Waals surface area contributed by atoms with E-state index in [0.717, 1.165) is 0 Å². The molecule has 7 heteroatoms. The molecule has 1 saturated heterocycles. The van der Waals surface area contributed by atoms with Crippen molar-refractivity contribution in [3.63, 3.8) is 0 Å². The molecular weight excluding hydrogens is 266 g/mol. The monoisotopic (exact) mass is 283 g/mol. The molecule has 1 aliphatic heterocycles. The maximum absolute atomic E-state index is 12.1. The molecule has 6 nitrogen and oxygen atoms in total. The highest BCUT2D eigenvalue weighted by Crippen LogP contribution is 2.23. The van der Waals surface area contributed by atoms with Crippen LogP contribution in [0.2, 0.25) is 0 Å². The third-order valence-electron chi connectivity index (χ3n) is 3.16. The van der Waals surface area contributed by atoms with E-state index < -0.39 is 15.4 Å². The number of nitrogens with one attached hydrogen (secondary N) is 2. The largest absolute Gasteiger partial charge is 0.373 e. The molecule has 0 bridgehead atoms. The smallest absolute Gasteiger partial charge is 0.270 e. The van der Waals surface area contributed by atoms with Crippen molar-refractivity contribution in [1.82, 2.24) is 10.3 Å². The summed E-state index contributed by atoms with van der Waals surface area (Å²) in [4.78, 5) is 16.2. The molecule has 1 aromatic rings. The molecule has 2 heterocycles. The molecule has 2 rings (SSSR count). The first kappa shape index (κ1) is 13.8. The minimum Gasteiger partial charge on any atom is -0.373 e. The Kier molecular flexibility index (Phi) is 3.49. The summed E-state index contributed by atoms with van der Waals surface area (Å²) in [6.07, 6.45) is 0.437. The van der Waals surface area contributed by atoms with Crippen LogP contribution >= 0.6 is 0 Å². The SMILES string of the molecule is CNc1cccc(C(=O)NC2(C)CCS(=O)(=O)C2)n1. The third kappa shape index (κ3) is 3.23. The van der Waals surface area contributed by atoms with E-state index in [-0.39, 0.29) is 23.1 Å². The lowest BCUT2D eigenvalue weighted by molar-refractivity contribution is 0.0910. The molecule has 19 heavy (non-hydrogen) atoms. The van der Waals surface area contributed by atoms with Crippen molar-refractivity contribution in [3.05, 3.63) is 23.9 Å². The van der Waals surface area contributed by atoms with Crippen molar-refractivity contribution < 1.29 is 13.2 Å². The number of hydrogen-bond donors (Lipinski definition) is 2. The zero-order valence-corrected chi connectivity index (χ0v) is 11.8. The topological polar surface area (TPSA) is 88.2 Å². The second kappa shape index (κ2) is 4.80. The van der Waals surface area contributed by atoms with Gasteiger partial charge in [-0.15, -0.1) is 0 Å². The fraction of sp³-hybridized carbons (Fsp3) is 0.500. The molecule has 0 aliphatic carbocycles. The Hall–Kier alpha value is -1.63. The predicted octanol–water partition coefficient (Wildman–Crippen LogP) is 0.430. The molecule has 0 radical (unpaired) electrons. The average Bonchev–Trinajstić information content (AvgIpc) is 2.63. The van der Waals surface area contributed by atoms with Gasteiger partial charge in [-0.25, -0.2) is 13.4 Å².